The zero-order valence-corrected chi connectivity index (χ0v) is 10.8. The third-order valence-electron chi connectivity index (χ3n) is 2.57. The summed E-state index contributed by atoms with van der Waals surface area (Å²) in [5, 5.41) is 17.9. The van der Waals surface area contributed by atoms with Crippen LogP contribution in [0.5, 0.6) is 0 Å². The number of carbonyl (C=O) groups excluding carboxylic acids is 1. The van der Waals surface area contributed by atoms with Crippen LogP contribution in [0.15, 0.2) is 30.6 Å². The Bertz CT molecular complexity index is 609. The Labute approximate surface area is 116 Å². The van der Waals surface area contributed by atoms with E-state index in [-0.39, 0.29) is 12.5 Å². The Morgan fingerprint density at radius 3 is 2.80 bits per heavy atom. The Morgan fingerprint density at radius 2 is 2.15 bits per heavy atom. The second kappa shape index (κ2) is 7.07. The number of nitrogens with zero attached hydrogens (tertiary/aromatic N) is 2. The van der Waals surface area contributed by atoms with Gasteiger partial charge in [-0.2, -0.15) is 5.10 Å². The molecule has 0 unspecified atom stereocenters. The number of aromatic nitrogens is 3. The number of hydrogen-bond acceptors (Lipinski definition) is 4. The van der Waals surface area contributed by atoms with Gasteiger partial charge in [0.25, 0.3) is 5.91 Å². The summed E-state index contributed by atoms with van der Waals surface area (Å²) in [5.41, 5.74) is 1.33. The highest BCUT2D eigenvalue weighted by Gasteiger charge is 2.04. The van der Waals surface area contributed by atoms with Gasteiger partial charge < -0.3 is 10.4 Å². The molecule has 6 heteroatoms. The Kier molecular flexibility index (Phi) is 4.87. The topological polar surface area (TPSA) is 90.9 Å². The van der Waals surface area contributed by atoms with E-state index in [1.54, 1.807) is 24.3 Å². The number of aliphatic hydroxyl groups is 1. The van der Waals surface area contributed by atoms with Crippen molar-refractivity contribution in [2.24, 2.45) is 0 Å². The van der Waals surface area contributed by atoms with Crippen molar-refractivity contribution in [3.05, 3.63) is 47.5 Å². The number of aliphatic hydroxyl groups excluding tert-OH is 1. The van der Waals surface area contributed by atoms with Crippen molar-refractivity contribution >= 4 is 5.91 Å². The fraction of sp³-hybridized carbons (Fsp3) is 0.214. The van der Waals surface area contributed by atoms with Crippen LogP contribution < -0.4 is 5.32 Å². The number of aromatic amines is 1. The van der Waals surface area contributed by atoms with Crippen molar-refractivity contribution in [2.45, 2.75) is 6.42 Å². The molecule has 0 saturated carbocycles. The lowest BCUT2D eigenvalue weighted by Crippen LogP contribution is -2.25. The molecule has 3 N–H and O–H groups in total. The predicted octanol–water partition coefficient (Wildman–Crippen LogP) is 0.121. The molecule has 0 aliphatic heterocycles. The van der Waals surface area contributed by atoms with E-state index in [9.17, 15) is 4.79 Å². The zero-order valence-electron chi connectivity index (χ0n) is 10.8. The number of rotatable bonds is 4. The van der Waals surface area contributed by atoms with Crippen molar-refractivity contribution < 1.29 is 9.90 Å². The van der Waals surface area contributed by atoms with Crippen molar-refractivity contribution in [1.82, 2.24) is 20.5 Å². The van der Waals surface area contributed by atoms with E-state index in [0.717, 1.165) is 11.4 Å². The monoisotopic (exact) mass is 270 g/mol. The summed E-state index contributed by atoms with van der Waals surface area (Å²) >= 11 is 0. The maximum absolute atomic E-state index is 11.9. The molecule has 1 aromatic carbocycles. The van der Waals surface area contributed by atoms with E-state index in [1.165, 1.54) is 6.33 Å². The molecule has 1 amide bonds. The van der Waals surface area contributed by atoms with Crippen LogP contribution in [0.25, 0.3) is 0 Å². The summed E-state index contributed by atoms with van der Waals surface area (Å²) < 4.78 is 0. The van der Waals surface area contributed by atoms with Crippen LogP contribution in [0.1, 0.15) is 21.7 Å². The molecule has 20 heavy (non-hydrogen) atoms. The molecule has 0 aliphatic rings. The molecule has 0 fully saturated rings. The minimum Gasteiger partial charge on any atom is -0.384 e. The third kappa shape index (κ3) is 3.93. The summed E-state index contributed by atoms with van der Waals surface area (Å²) in [6.45, 7) is 0.309. The Balaban J connectivity index is 1.85. The fourth-order valence-corrected chi connectivity index (χ4v) is 1.59. The van der Waals surface area contributed by atoms with Crippen LogP contribution in [0.4, 0.5) is 0 Å². The van der Waals surface area contributed by atoms with Crippen LogP contribution >= 0.6 is 0 Å². The smallest absolute Gasteiger partial charge is 0.251 e. The van der Waals surface area contributed by atoms with Crippen molar-refractivity contribution in [1.29, 1.82) is 0 Å². The van der Waals surface area contributed by atoms with E-state index in [1.807, 2.05) is 0 Å². The number of hydrogen-bond donors (Lipinski definition) is 3. The molecule has 6 nitrogen and oxygen atoms in total. The van der Waals surface area contributed by atoms with Gasteiger partial charge in [-0.15, -0.1) is 0 Å². The highest BCUT2D eigenvalue weighted by Crippen LogP contribution is 2.03. The fourth-order valence-electron chi connectivity index (χ4n) is 1.59. The van der Waals surface area contributed by atoms with Crippen LogP contribution in [0.2, 0.25) is 0 Å². The average Bonchev–Trinajstić information content (AvgIpc) is 2.99. The van der Waals surface area contributed by atoms with Crippen molar-refractivity contribution in [2.75, 3.05) is 13.2 Å². The first-order valence-electron chi connectivity index (χ1n) is 6.12. The van der Waals surface area contributed by atoms with E-state index in [0.29, 0.717) is 18.5 Å². The molecular formula is C14H14N4O2. The van der Waals surface area contributed by atoms with Gasteiger partial charge in [0.1, 0.15) is 18.8 Å². The normalized spacial score (nSPS) is 9.65. The van der Waals surface area contributed by atoms with Crippen molar-refractivity contribution in [3.63, 3.8) is 0 Å². The lowest BCUT2D eigenvalue weighted by Gasteiger charge is -2.04. The van der Waals surface area contributed by atoms with E-state index in [4.69, 9.17) is 5.11 Å². The molecule has 0 atom stereocenters. The first kappa shape index (κ1) is 13.8. The quantitative estimate of drug-likeness (QED) is 0.688. The van der Waals surface area contributed by atoms with Crippen LogP contribution in [-0.4, -0.2) is 39.3 Å². The third-order valence-corrected chi connectivity index (χ3v) is 2.57. The molecule has 0 saturated heterocycles. The molecule has 0 bridgehead atoms. The number of amides is 1. The highest BCUT2D eigenvalue weighted by molar-refractivity contribution is 5.94. The lowest BCUT2D eigenvalue weighted by molar-refractivity contribution is 0.0954. The van der Waals surface area contributed by atoms with Gasteiger partial charge in [0.2, 0.25) is 0 Å². The minimum absolute atomic E-state index is 0.147. The van der Waals surface area contributed by atoms with Gasteiger partial charge in [0.05, 0.1) is 0 Å². The highest BCUT2D eigenvalue weighted by atomic mass is 16.2. The predicted molar refractivity (Wildman–Crippen MR) is 72.8 cm³/mol. The summed E-state index contributed by atoms with van der Waals surface area (Å²) in [7, 11) is 0. The molecule has 1 heterocycles. The summed E-state index contributed by atoms with van der Waals surface area (Å²) in [5.74, 6) is 5.91. The minimum atomic E-state index is -0.177. The molecule has 1 aromatic heterocycles. The standard InChI is InChI=1S/C14H14N4O2/c19-9-1-2-11-3-5-12(6-4-11)14(20)15-8-7-13-16-10-17-18-13/h3-6,10,19H,7-9H2,(H,15,20)(H,16,17,18). The first-order chi connectivity index (χ1) is 9.79. The average molecular weight is 270 g/mol. The molecule has 102 valence electrons. The molecular weight excluding hydrogens is 256 g/mol. The van der Waals surface area contributed by atoms with E-state index in [2.05, 4.69) is 32.3 Å². The summed E-state index contributed by atoms with van der Waals surface area (Å²) in [4.78, 5) is 15.8. The summed E-state index contributed by atoms with van der Waals surface area (Å²) in [6.07, 6.45) is 2.04. The zero-order chi connectivity index (χ0) is 14.2. The van der Waals surface area contributed by atoms with Gasteiger partial charge >= 0.3 is 0 Å². The Hall–Kier alpha value is -2.65. The molecule has 0 spiro atoms. The number of benzene rings is 1. The van der Waals surface area contributed by atoms with Gasteiger partial charge in [0.15, 0.2) is 0 Å². The lowest BCUT2D eigenvalue weighted by atomic mass is 10.1. The second-order valence-electron chi connectivity index (χ2n) is 3.98. The molecule has 2 rings (SSSR count). The van der Waals surface area contributed by atoms with Gasteiger partial charge in [-0.05, 0) is 24.3 Å². The maximum Gasteiger partial charge on any atom is 0.251 e. The van der Waals surface area contributed by atoms with Crippen molar-refractivity contribution in [3.8, 4) is 11.8 Å². The Morgan fingerprint density at radius 1 is 1.35 bits per heavy atom. The van der Waals surface area contributed by atoms with Gasteiger partial charge in [-0.3, -0.25) is 9.89 Å². The number of carbonyl (C=O) groups is 1. The van der Waals surface area contributed by atoms with Crippen LogP contribution in [0.3, 0.4) is 0 Å². The van der Waals surface area contributed by atoms with E-state index < -0.39 is 0 Å². The summed E-state index contributed by atoms with van der Waals surface area (Å²) in [6, 6.07) is 6.89. The molecule has 0 radical (unpaired) electrons. The van der Waals surface area contributed by atoms with Crippen LogP contribution in [-0.2, 0) is 6.42 Å². The van der Waals surface area contributed by atoms with Gasteiger partial charge in [-0.25, -0.2) is 4.98 Å². The second-order valence-corrected chi connectivity index (χ2v) is 3.98. The number of H-pyrrole nitrogens is 1. The van der Waals surface area contributed by atoms with Crippen LogP contribution in [0, 0.1) is 11.8 Å². The van der Waals surface area contributed by atoms with Gasteiger partial charge in [-0.1, -0.05) is 11.8 Å². The molecule has 2 aromatic rings. The number of nitrogens with one attached hydrogen (secondary N) is 2. The maximum atomic E-state index is 11.9. The van der Waals surface area contributed by atoms with E-state index >= 15 is 0 Å². The SMILES string of the molecule is O=C(NCCc1ncn[nH]1)c1ccc(C#CCO)cc1. The van der Waals surface area contributed by atoms with Gasteiger partial charge in [0, 0.05) is 24.1 Å². The first-order valence-corrected chi connectivity index (χ1v) is 6.12. The largest absolute Gasteiger partial charge is 0.384 e. The molecule has 0 aliphatic carbocycles.